The van der Waals surface area contributed by atoms with Gasteiger partial charge in [-0.3, -0.25) is 0 Å². The number of hydrogen-bond donors (Lipinski definition) is 0. The van der Waals surface area contributed by atoms with E-state index in [0.29, 0.717) is 27.0 Å². The van der Waals surface area contributed by atoms with Crippen LogP contribution in [0.15, 0.2) is 47.4 Å². The minimum absolute atomic E-state index is 0.0422. The minimum atomic E-state index is -3.36. The SMILES string of the molecule is COc1cc(Cl)c(CCS(=O)(=O)c2ccccc2)c(OC)c1. The first-order valence-corrected chi connectivity index (χ1v) is 8.69. The zero-order chi connectivity index (χ0) is 16.2. The zero-order valence-electron chi connectivity index (χ0n) is 12.4. The number of methoxy groups -OCH3 is 2. The second-order valence-electron chi connectivity index (χ2n) is 4.67. The summed E-state index contributed by atoms with van der Waals surface area (Å²) < 4.78 is 35.1. The number of rotatable bonds is 6. The summed E-state index contributed by atoms with van der Waals surface area (Å²) in [6.07, 6.45) is 0.267. The molecule has 0 saturated carbocycles. The maximum Gasteiger partial charge on any atom is 0.178 e. The zero-order valence-corrected chi connectivity index (χ0v) is 13.9. The Hall–Kier alpha value is -1.72. The van der Waals surface area contributed by atoms with Crippen molar-refractivity contribution in [3.8, 4) is 11.5 Å². The number of hydrogen-bond acceptors (Lipinski definition) is 4. The van der Waals surface area contributed by atoms with Gasteiger partial charge in [-0.05, 0) is 24.6 Å². The fourth-order valence-corrected chi connectivity index (χ4v) is 3.69. The lowest BCUT2D eigenvalue weighted by molar-refractivity contribution is 0.391. The smallest absolute Gasteiger partial charge is 0.178 e. The van der Waals surface area contributed by atoms with Gasteiger partial charge in [0.25, 0.3) is 0 Å². The van der Waals surface area contributed by atoms with E-state index >= 15 is 0 Å². The number of sulfone groups is 1. The van der Waals surface area contributed by atoms with Gasteiger partial charge in [0.15, 0.2) is 9.84 Å². The summed E-state index contributed by atoms with van der Waals surface area (Å²) in [6.45, 7) is 0. The van der Waals surface area contributed by atoms with Crippen molar-refractivity contribution in [3.05, 3.63) is 53.1 Å². The van der Waals surface area contributed by atoms with E-state index in [0.717, 1.165) is 0 Å². The summed E-state index contributed by atoms with van der Waals surface area (Å²) in [7, 11) is -0.315. The quantitative estimate of drug-likeness (QED) is 0.809. The van der Waals surface area contributed by atoms with Gasteiger partial charge in [0, 0.05) is 11.6 Å². The van der Waals surface area contributed by atoms with Gasteiger partial charge < -0.3 is 9.47 Å². The average Bonchev–Trinajstić information content (AvgIpc) is 2.53. The summed E-state index contributed by atoms with van der Waals surface area (Å²) >= 11 is 6.21. The van der Waals surface area contributed by atoms with Crippen LogP contribution in [0, 0.1) is 0 Å². The largest absolute Gasteiger partial charge is 0.497 e. The predicted octanol–water partition coefficient (Wildman–Crippen LogP) is 3.37. The fraction of sp³-hybridized carbons (Fsp3) is 0.250. The molecule has 0 unspecified atom stereocenters. The van der Waals surface area contributed by atoms with E-state index in [-0.39, 0.29) is 12.2 Å². The molecule has 0 bridgehead atoms. The fourth-order valence-electron chi connectivity index (χ4n) is 2.11. The van der Waals surface area contributed by atoms with Crippen LogP contribution in [0.1, 0.15) is 5.56 Å². The second-order valence-corrected chi connectivity index (χ2v) is 7.19. The number of halogens is 1. The van der Waals surface area contributed by atoms with Crippen LogP contribution in [0.25, 0.3) is 0 Å². The molecule has 0 atom stereocenters. The Balaban J connectivity index is 2.25. The maximum absolute atomic E-state index is 12.3. The van der Waals surface area contributed by atoms with Gasteiger partial charge in [-0.15, -0.1) is 0 Å². The van der Waals surface area contributed by atoms with E-state index in [4.69, 9.17) is 21.1 Å². The van der Waals surface area contributed by atoms with Crippen LogP contribution in [0.2, 0.25) is 5.02 Å². The highest BCUT2D eigenvalue weighted by Gasteiger charge is 2.18. The van der Waals surface area contributed by atoms with Crippen molar-refractivity contribution in [1.29, 1.82) is 0 Å². The topological polar surface area (TPSA) is 52.6 Å². The number of benzene rings is 2. The summed E-state index contributed by atoms with van der Waals surface area (Å²) in [6, 6.07) is 11.7. The molecule has 2 rings (SSSR count). The Morgan fingerprint density at radius 1 is 1.05 bits per heavy atom. The van der Waals surface area contributed by atoms with Gasteiger partial charge in [0.2, 0.25) is 0 Å². The molecule has 0 aliphatic heterocycles. The molecule has 0 saturated heterocycles. The molecule has 2 aromatic carbocycles. The predicted molar refractivity (Wildman–Crippen MR) is 86.8 cm³/mol. The highest BCUT2D eigenvalue weighted by molar-refractivity contribution is 7.91. The van der Waals surface area contributed by atoms with E-state index in [1.165, 1.54) is 14.2 Å². The van der Waals surface area contributed by atoms with Crippen LogP contribution in [-0.4, -0.2) is 28.4 Å². The van der Waals surface area contributed by atoms with Gasteiger partial charge in [-0.25, -0.2) is 8.42 Å². The number of ether oxygens (including phenoxy) is 2. The molecule has 2 aromatic rings. The molecule has 0 fully saturated rings. The summed E-state index contributed by atoms with van der Waals surface area (Å²) in [5.74, 6) is 1.04. The van der Waals surface area contributed by atoms with Crippen molar-refractivity contribution in [2.24, 2.45) is 0 Å². The third-order valence-corrected chi connectivity index (χ3v) is 5.38. The lowest BCUT2D eigenvalue weighted by atomic mass is 10.1. The first kappa shape index (κ1) is 16.6. The first-order chi connectivity index (χ1) is 10.5. The third-order valence-electron chi connectivity index (χ3n) is 3.31. The van der Waals surface area contributed by atoms with Gasteiger partial charge in [0.05, 0.1) is 29.9 Å². The van der Waals surface area contributed by atoms with Crippen LogP contribution in [0.3, 0.4) is 0 Å². The molecule has 0 spiro atoms. The molecule has 0 heterocycles. The molecule has 0 amide bonds. The molecule has 118 valence electrons. The Morgan fingerprint density at radius 3 is 2.32 bits per heavy atom. The lowest BCUT2D eigenvalue weighted by Gasteiger charge is -2.13. The molecule has 0 aromatic heterocycles. The summed E-state index contributed by atoms with van der Waals surface area (Å²) in [5, 5.41) is 0.430. The van der Waals surface area contributed by atoms with E-state index < -0.39 is 9.84 Å². The van der Waals surface area contributed by atoms with Gasteiger partial charge >= 0.3 is 0 Å². The van der Waals surface area contributed by atoms with Crippen molar-refractivity contribution < 1.29 is 17.9 Å². The highest BCUT2D eigenvalue weighted by atomic mass is 35.5. The standard InChI is InChI=1S/C16H17ClO4S/c1-20-12-10-15(17)14(16(11-12)21-2)8-9-22(18,19)13-6-4-3-5-7-13/h3-7,10-11H,8-9H2,1-2H3. The van der Waals surface area contributed by atoms with Crippen molar-refractivity contribution >= 4 is 21.4 Å². The Kier molecular flexibility index (Phi) is 5.32. The van der Waals surface area contributed by atoms with Crippen LogP contribution in [0.4, 0.5) is 0 Å². The monoisotopic (exact) mass is 340 g/mol. The van der Waals surface area contributed by atoms with Gasteiger partial charge in [-0.1, -0.05) is 29.8 Å². The van der Waals surface area contributed by atoms with E-state index in [1.807, 2.05) is 0 Å². The van der Waals surface area contributed by atoms with Crippen molar-refractivity contribution in [1.82, 2.24) is 0 Å². The van der Waals surface area contributed by atoms with Crippen molar-refractivity contribution in [3.63, 3.8) is 0 Å². The molecular weight excluding hydrogens is 324 g/mol. The molecule has 4 nitrogen and oxygen atoms in total. The van der Waals surface area contributed by atoms with Crippen LogP contribution < -0.4 is 9.47 Å². The van der Waals surface area contributed by atoms with E-state index in [9.17, 15) is 8.42 Å². The normalized spacial score (nSPS) is 11.2. The van der Waals surface area contributed by atoms with Crippen LogP contribution in [0.5, 0.6) is 11.5 Å². The minimum Gasteiger partial charge on any atom is -0.497 e. The van der Waals surface area contributed by atoms with Crippen LogP contribution in [-0.2, 0) is 16.3 Å². The highest BCUT2D eigenvalue weighted by Crippen LogP contribution is 2.33. The van der Waals surface area contributed by atoms with Gasteiger partial charge in [-0.2, -0.15) is 0 Å². The molecule has 22 heavy (non-hydrogen) atoms. The van der Waals surface area contributed by atoms with Gasteiger partial charge in [0.1, 0.15) is 11.5 Å². The summed E-state index contributed by atoms with van der Waals surface area (Å²) in [4.78, 5) is 0.304. The maximum atomic E-state index is 12.3. The first-order valence-electron chi connectivity index (χ1n) is 6.66. The lowest BCUT2D eigenvalue weighted by Crippen LogP contribution is -2.10. The molecule has 0 aliphatic carbocycles. The van der Waals surface area contributed by atoms with E-state index in [2.05, 4.69) is 0 Å². The van der Waals surface area contributed by atoms with Crippen molar-refractivity contribution in [2.45, 2.75) is 11.3 Å². The van der Waals surface area contributed by atoms with E-state index in [1.54, 1.807) is 42.5 Å². The summed E-state index contributed by atoms with van der Waals surface area (Å²) in [5.41, 5.74) is 0.657. The molecule has 6 heteroatoms. The second kappa shape index (κ2) is 7.03. The Labute approximate surface area is 135 Å². The van der Waals surface area contributed by atoms with Crippen LogP contribution >= 0.6 is 11.6 Å². The molecular formula is C16H17ClO4S. The third kappa shape index (κ3) is 3.72. The molecule has 0 aliphatic rings. The Bertz CT molecular complexity index is 742. The average molecular weight is 341 g/mol. The molecule has 0 radical (unpaired) electrons. The Morgan fingerprint density at radius 2 is 1.73 bits per heavy atom. The molecule has 0 N–H and O–H groups in total. The van der Waals surface area contributed by atoms with Crippen molar-refractivity contribution in [2.75, 3.05) is 20.0 Å².